The quantitative estimate of drug-likeness (QED) is 0.420. The standard InChI is InChI=1S/C18H20ClN3O3S/c1-4-25-17-15(19)9-12(10-16(17)24-3)11-20-22-18(26)21-13-5-7-14(23-2)8-6-13/h5-11H,4H2,1-3H3,(H2,21,22,26)/b20-11-. The van der Waals surface area contributed by atoms with E-state index in [-0.39, 0.29) is 0 Å². The fourth-order valence-electron chi connectivity index (χ4n) is 2.10. The molecule has 138 valence electrons. The number of hydrazone groups is 1. The zero-order chi connectivity index (χ0) is 18.9. The maximum atomic E-state index is 6.23. The van der Waals surface area contributed by atoms with Gasteiger partial charge in [-0.15, -0.1) is 0 Å². The molecule has 0 aliphatic heterocycles. The second-order valence-corrected chi connectivity index (χ2v) is 5.84. The fourth-order valence-corrected chi connectivity index (χ4v) is 2.54. The van der Waals surface area contributed by atoms with Gasteiger partial charge in [-0.1, -0.05) is 11.6 Å². The van der Waals surface area contributed by atoms with Gasteiger partial charge in [-0.05, 0) is 61.1 Å². The number of methoxy groups -OCH3 is 2. The van der Waals surface area contributed by atoms with Gasteiger partial charge < -0.3 is 19.5 Å². The minimum absolute atomic E-state index is 0.357. The Morgan fingerprint density at radius 2 is 1.92 bits per heavy atom. The first-order valence-electron chi connectivity index (χ1n) is 7.81. The Bertz CT molecular complexity index is 782. The predicted molar refractivity (Wildman–Crippen MR) is 109 cm³/mol. The minimum atomic E-state index is 0.357. The molecule has 0 fully saturated rings. The summed E-state index contributed by atoms with van der Waals surface area (Å²) in [6, 6.07) is 10.9. The lowest BCUT2D eigenvalue weighted by atomic mass is 10.2. The number of rotatable bonds is 7. The average Bonchev–Trinajstić information content (AvgIpc) is 2.64. The topological polar surface area (TPSA) is 64.1 Å². The van der Waals surface area contributed by atoms with Gasteiger partial charge in [-0.3, -0.25) is 5.43 Å². The van der Waals surface area contributed by atoms with Crippen LogP contribution in [0.1, 0.15) is 12.5 Å². The van der Waals surface area contributed by atoms with E-state index in [1.54, 1.807) is 32.6 Å². The van der Waals surface area contributed by atoms with Crippen LogP contribution in [0.2, 0.25) is 5.02 Å². The second kappa shape index (κ2) is 9.84. The number of nitrogens with zero attached hydrogens (tertiary/aromatic N) is 1. The summed E-state index contributed by atoms with van der Waals surface area (Å²) >= 11 is 11.4. The van der Waals surface area contributed by atoms with Crippen LogP contribution in [0.15, 0.2) is 41.5 Å². The van der Waals surface area contributed by atoms with Crippen LogP contribution in [0, 0.1) is 0 Å². The largest absolute Gasteiger partial charge is 0.497 e. The number of hydrogen-bond acceptors (Lipinski definition) is 5. The fraction of sp³-hybridized carbons (Fsp3) is 0.222. The first kappa shape index (κ1) is 19.8. The Balaban J connectivity index is 1.98. The molecule has 8 heteroatoms. The maximum absolute atomic E-state index is 6.23. The molecule has 2 rings (SSSR count). The van der Waals surface area contributed by atoms with Crippen LogP contribution in [0.4, 0.5) is 5.69 Å². The summed E-state index contributed by atoms with van der Waals surface area (Å²) in [4.78, 5) is 0. The van der Waals surface area contributed by atoms with Crippen molar-refractivity contribution in [3.8, 4) is 17.2 Å². The highest BCUT2D eigenvalue weighted by molar-refractivity contribution is 7.80. The van der Waals surface area contributed by atoms with Gasteiger partial charge in [-0.25, -0.2) is 0 Å². The number of anilines is 1. The van der Waals surface area contributed by atoms with Crippen LogP contribution >= 0.6 is 23.8 Å². The molecule has 0 saturated carbocycles. The van der Waals surface area contributed by atoms with Gasteiger partial charge in [0.2, 0.25) is 0 Å². The van der Waals surface area contributed by atoms with Gasteiger partial charge >= 0.3 is 0 Å². The average molecular weight is 394 g/mol. The summed E-state index contributed by atoms with van der Waals surface area (Å²) in [5.74, 6) is 1.83. The molecule has 0 spiro atoms. The van der Waals surface area contributed by atoms with Crippen molar-refractivity contribution in [3.63, 3.8) is 0 Å². The molecule has 0 aliphatic rings. The molecule has 2 aromatic rings. The van der Waals surface area contributed by atoms with Crippen molar-refractivity contribution in [2.24, 2.45) is 5.10 Å². The number of benzene rings is 2. The lowest BCUT2D eigenvalue weighted by Crippen LogP contribution is -2.23. The van der Waals surface area contributed by atoms with E-state index in [2.05, 4.69) is 15.8 Å². The highest BCUT2D eigenvalue weighted by atomic mass is 35.5. The summed E-state index contributed by atoms with van der Waals surface area (Å²) in [7, 11) is 3.17. The highest BCUT2D eigenvalue weighted by Crippen LogP contribution is 2.35. The summed E-state index contributed by atoms with van der Waals surface area (Å²) in [5, 5.41) is 7.93. The molecule has 0 aliphatic carbocycles. The molecular weight excluding hydrogens is 374 g/mol. The van der Waals surface area contributed by atoms with Gasteiger partial charge in [0.05, 0.1) is 32.1 Å². The molecule has 0 aromatic heterocycles. The van der Waals surface area contributed by atoms with Crippen LogP contribution in [0.25, 0.3) is 0 Å². The van der Waals surface area contributed by atoms with Crippen molar-refractivity contribution in [2.45, 2.75) is 6.92 Å². The maximum Gasteiger partial charge on any atom is 0.191 e. The summed E-state index contributed by atoms with van der Waals surface area (Å²) < 4.78 is 15.9. The van der Waals surface area contributed by atoms with Gasteiger partial charge in [0.15, 0.2) is 16.6 Å². The van der Waals surface area contributed by atoms with Crippen LogP contribution in [0.3, 0.4) is 0 Å². The molecule has 26 heavy (non-hydrogen) atoms. The zero-order valence-corrected chi connectivity index (χ0v) is 16.3. The van der Waals surface area contributed by atoms with Crippen molar-refractivity contribution < 1.29 is 14.2 Å². The van der Waals surface area contributed by atoms with Gasteiger partial charge in [0.1, 0.15) is 5.75 Å². The third kappa shape index (κ3) is 5.50. The SMILES string of the molecule is CCOc1c(Cl)cc(/C=N\NC(=S)Nc2ccc(OC)cc2)cc1OC. The molecule has 0 atom stereocenters. The number of nitrogens with one attached hydrogen (secondary N) is 2. The van der Waals surface area contributed by atoms with E-state index in [4.69, 9.17) is 38.0 Å². The monoisotopic (exact) mass is 393 g/mol. The van der Waals surface area contributed by atoms with E-state index in [1.165, 1.54) is 0 Å². The molecule has 0 unspecified atom stereocenters. The van der Waals surface area contributed by atoms with Crippen molar-refractivity contribution in [3.05, 3.63) is 47.0 Å². The molecular formula is C18H20ClN3O3S. The first-order valence-corrected chi connectivity index (χ1v) is 8.60. The third-order valence-electron chi connectivity index (χ3n) is 3.27. The molecule has 0 heterocycles. The Labute approximate surface area is 163 Å². The van der Waals surface area contributed by atoms with E-state index in [9.17, 15) is 0 Å². The number of hydrogen-bond donors (Lipinski definition) is 2. The highest BCUT2D eigenvalue weighted by Gasteiger charge is 2.10. The molecule has 6 nitrogen and oxygen atoms in total. The summed E-state index contributed by atoms with van der Waals surface area (Å²) in [6.45, 7) is 2.38. The smallest absolute Gasteiger partial charge is 0.191 e. The Kier molecular flexibility index (Phi) is 7.50. The zero-order valence-electron chi connectivity index (χ0n) is 14.7. The number of ether oxygens (including phenoxy) is 3. The molecule has 0 radical (unpaired) electrons. The Morgan fingerprint density at radius 3 is 2.54 bits per heavy atom. The lowest BCUT2D eigenvalue weighted by Gasteiger charge is -2.11. The van der Waals surface area contributed by atoms with E-state index in [1.807, 2.05) is 31.2 Å². The van der Waals surface area contributed by atoms with Gasteiger partial charge in [0.25, 0.3) is 0 Å². The number of thiocarbonyl (C=S) groups is 1. The van der Waals surface area contributed by atoms with Gasteiger partial charge in [0, 0.05) is 5.69 Å². The minimum Gasteiger partial charge on any atom is -0.497 e. The van der Waals surface area contributed by atoms with E-state index >= 15 is 0 Å². The lowest BCUT2D eigenvalue weighted by molar-refractivity contribution is 0.311. The molecule has 0 saturated heterocycles. The van der Waals surface area contributed by atoms with Gasteiger partial charge in [-0.2, -0.15) is 5.10 Å². The second-order valence-electron chi connectivity index (χ2n) is 5.02. The van der Waals surface area contributed by atoms with Crippen LogP contribution < -0.4 is 25.0 Å². The third-order valence-corrected chi connectivity index (χ3v) is 3.74. The van der Waals surface area contributed by atoms with Crippen LogP contribution in [-0.4, -0.2) is 32.2 Å². The van der Waals surface area contributed by atoms with Crippen molar-refractivity contribution >= 4 is 40.8 Å². The van der Waals surface area contributed by atoms with E-state index < -0.39 is 0 Å². The molecule has 2 aromatic carbocycles. The van der Waals surface area contributed by atoms with E-state index in [0.717, 1.165) is 17.0 Å². The predicted octanol–water partition coefficient (Wildman–Crippen LogP) is 4.08. The van der Waals surface area contributed by atoms with Crippen LogP contribution in [0.5, 0.6) is 17.2 Å². The van der Waals surface area contributed by atoms with E-state index in [0.29, 0.717) is 28.2 Å². The van der Waals surface area contributed by atoms with Crippen molar-refractivity contribution in [1.82, 2.24) is 5.43 Å². The molecule has 0 amide bonds. The van der Waals surface area contributed by atoms with Crippen molar-refractivity contribution in [2.75, 3.05) is 26.1 Å². The molecule has 0 bridgehead atoms. The normalized spacial score (nSPS) is 10.5. The Morgan fingerprint density at radius 1 is 1.19 bits per heavy atom. The summed E-state index contributed by atoms with van der Waals surface area (Å²) in [6.07, 6.45) is 1.59. The van der Waals surface area contributed by atoms with Crippen LogP contribution in [-0.2, 0) is 0 Å². The Hall–Kier alpha value is -2.51. The number of halogens is 1. The van der Waals surface area contributed by atoms with Crippen molar-refractivity contribution in [1.29, 1.82) is 0 Å². The molecule has 2 N–H and O–H groups in total. The first-order chi connectivity index (χ1) is 12.6. The summed E-state index contributed by atoms with van der Waals surface area (Å²) in [5.41, 5.74) is 4.32.